The monoisotopic (exact) mass is 346 g/mol. The molecule has 8 heteroatoms. The minimum atomic E-state index is -4.37. The van der Waals surface area contributed by atoms with Gasteiger partial charge in [-0.3, -0.25) is 0 Å². The summed E-state index contributed by atoms with van der Waals surface area (Å²) in [6.45, 7) is 1.78. The number of hydrogen-bond donors (Lipinski definition) is 2. The molecule has 1 fully saturated rings. The third-order valence-electron chi connectivity index (χ3n) is 3.96. The Morgan fingerprint density at radius 2 is 2.08 bits per heavy atom. The lowest BCUT2D eigenvalue weighted by Gasteiger charge is -2.18. The van der Waals surface area contributed by atoms with Crippen molar-refractivity contribution < 1.29 is 27.8 Å². The van der Waals surface area contributed by atoms with Crippen LogP contribution < -0.4 is 10.1 Å². The standard InChI is InChI=1S/C16H21F3N2O3/c1-11(22)13-6-7-21(9-13)15(23)20-8-12-2-4-14(5-3-12)24-10-16(17,18)19/h2-5,11,13,22H,6-10H2,1H3,(H,20,23)/t11-,13-/m1/s1. The number of hydrogen-bond acceptors (Lipinski definition) is 3. The molecule has 0 radical (unpaired) electrons. The second-order valence-corrected chi connectivity index (χ2v) is 5.94. The van der Waals surface area contributed by atoms with E-state index in [2.05, 4.69) is 10.1 Å². The van der Waals surface area contributed by atoms with Gasteiger partial charge in [0.15, 0.2) is 6.61 Å². The first-order valence-corrected chi connectivity index (χ1v) is 7.74. The van der Waals surface area contributed by atoms with Crippen LogP contribution in [0.5, 0.6) is 5.75 Å². The van der Waals surface area contributed by atoms with Gasteiger partial charge in [0.05, 0.1) is 6.10 Å². The lowest BCUT2D eigenvalue weighted by Crippen LogP contribution is -2.38. The molecule has 2 N–H and O–H groups in total. The molecule has 0 spiro atoms. The highest BCUT2D eigenvalue weighted by Gasteiger charge is 2.29. The minimum Gasteiger partial charge on any atom is -0.484 e. The molecular formula is C16H21F3N2O3. The number of aliphatic hydroxyl groups excluding tert-OH is 1. The van der Waals surface area contributed by atoms with E-state index < -0.39 is 18.9 Å². The van der Waals surface area contributed by atoms with Crippen molar-refractivity contribution in [2.45, 2.75) is 32.2 Å². The van der Waals surface area contributed by atoms with Gasteiger partial charge in [0, 0.05) is 25.6 Å². The van der Waals surface area contributed by atoms with Crippen LogP contribution in [0.2, 0.25) is 0 Å². The van der Waals surface area contributed by atoms with Crippen LogP contribution in [0.25, 0.3) is 0 Å². The topological polar surface area (TPSA) is 61.8 Å². The van der Waals surface area contributed by atoms with E-state index in [-0.39, 0.29) is 24.2 Å². The van der Waals surface area contributed by atoms with Crippen LogP contribution in [0.15, 0.2) is 24.3 Å². The molecule has 2 rings (SSSR count). The van der Waals surface area contributed by atoms with Gasteiger partial charge in [0.2, 0.25) is 0 Å². The first-order valence-electron chi connectivity index (χ1n) is 7.74. The van der Waals surface area contributed by atoms with Gasteiger partial charge >= 0.3 is 12.2 Å². The number of urea groups is 1. The molecule has 2 amide bonds. The number of likely N-dealkylation sites (tertiary alicyclic amines) is 1. The minimum absolute atomic E-state index is 0.0980. The molecule has 0 unspecified atom stereocenters. The molecular weight excluding hydrogens is 325 g/mol. The maximum absolute atomic E-state index is 12.1. The normalized spacial score (nSPS) is 19.2. The number of alkyl halides is 3. The van der Waals surface area contributed by atoms with Gasteiger partial charge < -0.3 is 20.1 Å². The molecule has 1 aliphatic heterocycles. The molecule has 1 saturated heterocycles. The van der Waals surface area contributed by atoms with Crippen molar-refractivity contribution in [3.63, 3.8) is 0 Å². The molecule has 0 aliphatic carbocycles. The van der Waals surface area contributed by atoms with Crippen molar-refractivity contribution in [2.75, 3.05) is 19.7 Å². The van der Waals surface area contributed by atoms with E-state index in [1.807, 2.05) is 0 Å². The molecule has 5 nitrogen and oxygen atoms in total. The summed E-state index contributed by atoms with van der Waals surface area (Å²) in [7, 11) is 0. The van der Waals surface area contributed by atoms with Crippen LogP contribution in [0.4, 0.5) is 18.0 Å². The maximum Gasteiger partial charge on any atom is 0.422 e. The van der Waals surface area contributed by atoms with Crippen molar-refractivity contribution in [1.29, 1.82) is 0 Å². The number of rotatable bonds is 5. The van der Waals surface area contributed by atoms with Crippen LogP contribution >= 0.6 is 0 Å². The van der Waals surface area contributed by atoms with E-state index in [1.54, 1.807) is 24.0 Å². The summed E-state index contributed by atoms with van der Waals surface area (Å²) in [5.74, 6) is 0.225. The van der Waals surface area contributed by atoms with Gasteiger partial charge in [-0.05, 0) is 31.0 Å². The summed E-state index contributed by atoms with van der Waals surface area (Å²) in [5, 5.41) is 12.3. The number of benzene rings is 1. The summed E-state index contributed by atoms with van der Waals surface area (Å²) in [5.41, 5.74) is 0.758. The average Bonchev–Trinajstić information content (AvgIpc) is 3.01. The summed E-state index contributed by atoms with van der Waals surface area (Å²) in [6, 6.07) is 5.87. The molecule has 0 aromatic heterocycles. The lowest BCUT2D eigenvalue weighted by molar-refractivity contribution is -0.153. The fourth-order valence-corrected chi connectivity index (χ4v) is 2.52. The predicted octanol–water partition coefficient (Wildman–Crippen LogP) is 2.54. The Morgan fingerprint density at radius 1 is 1.42 bits per heavy atom. The van der Waals surface area contributed by atoms with Gasteiger partial charge in [-0.1, -0.05) is 12.1 Å². The molecule has 1 aromatic rings. The van der Waals surface area contributed by atoms with E-state index >= 15 is 0 Å². The van der Waals surface area contributed by atoms with Gasteiger partial charge in [-0.25, -0.2) is 4.79 Å². The second kappa shape index (κ2) is 7.74. The van der Waals surface area contributed by atoms with Crippen molar-refractivity contribution in [3.8, 4) is 5.75 Å². The first-order chi connectivity index (χ1) is 11.2. The largest absolute Gasteiger partial charge is 0.484 e. The van der Waals surface area contributed by atoms with E-state index in [0.717, 1.165) is 12.0 Å². The molecule has 24 heavy (non-hydrogen) atoms. The molecule has 0 saturated carbocycles. The molecule has 1 aromatic carbocycles. The molecule has 2 atom stereocenters. The van der Waals surface area contributed by atoms with Gasteiger partial charge in [-0.15, -0.1) is 0 Å². The number of carbonyl (C=O) groups is 1. The smallest absolute Gasteiger partial charge is 0.422 e. The van der Waals surface area contributed by atoms with Crippen LogP contribution in [-0.2, 0) is 6.54 Å². The van der Waals surface area contributed by atoms with E-state index in [0.29, 0.717) is 13.1 Å². The Kier molecular flexibility index (Phi) is 5.93. The third kappa shape index (κ3) is 5.59. The zero-order chi connectivity index (χ0) is 17.7. The SMILES string of the molecule is C[C@@H](O)[C@@H]1CCN(C(=O)NCc2ccc(OCC(F)(F)F)cc2)C1. The van der Waals surface area contributed by atoms with Crippen molar-refractivity contribution in [3.05, 3.63) is 29.8 Å². The Morgan fingerprint density at radius 3 is 2.62 bits per heavy atom. The highest BCUT2D eigenvalue weighted by atomic mass is 19.4. The van der Waals surface area contributed by atoms with Gasteiger partial charge in [0.25, 0.3) is 0 Å². The zero-order valence-electron chi connectivity index (χ0n) is 13.3. The maximum atomic E-state index is 12.1. The number of nitrogens with zero attached hydrogens (tertiary/aromatic N) is 1. The quantitative estimate of drug-likeness (QED) is 0.861. The van der Waals surface area contributed by atoms with Crippen LogP contribution in [0.3, 0.4) is 0 Å². The first kappa shape index (κ1) is 18.4. The zero-order valence-corrected chi connectivity index (χ0v) is 13.3. The third-order valence-corrected chi connectivity index (χ3v) is 3.96. The number of halogens is 3. The lowest BCUT2D eigenvalue weighted by atomic mass is 10.0. The van der Waals surface area contributed by atoms with E-state index in [1.165, 1.54) is 12.1 Å². The van der Waals surface area contributed by atoms with Crippen LogP contribution in [0.1, 0.15) is 18.9 Å². The Balaban J connectivity index is 1.77. The number of ether oxygens (including phenoxy) is 1. The van der Waals surface area contributed by atoms with Crippen molar-refractivity contribution in [2.24, 2.45) is 5.92 Å². The summed E-state index contributed by atoms with van der Waals surface area (Å²) < 4.78 is 40.8. The van der Waals surface area contributed by atoms with Crippen molar-refractivity contribution in [1.82, 2.24) is 10.2 Å². The van der Waals surface area contributed by atoms with E-state index in [4.69, 9.17) is 0 Å². The summed E-state index contributed by atoms with van der Waals surface area (Å²) in [4.78, 5) is 13.7. The fraction of sp³-hybridized carbons (Fsp3) is 0.562. The molecule has 1 aliphatic rings. The molecule has 134 valence electrons. The van der Waals surface area contributed by atoms with Gasteiger partial charge in [-0.2, -0.15) is 13.2 Å². The van der Waals surface area contributed by atoms with Crippen molar-refractivity contribution >= 4 is 6.03 Å². The summed E-state index contributed by atoms with van der Waals surface area (Å²) in [6.07, 6.45) is -4.03. The summed E-state index contributed by atoms with van der Waals surface area (Å²) >= 11 is 0. The number of aliphatic hydroxyl groups is 1. The number of amides is 2. The number of carbonyl (C=O) groups excluding carboxylic acids is 1. The van der Waals surface area contributed by atoms with Crippen LogP contribution in [0, 0.1) is 5.92 Å². The van der Waals surface area contributed by atoms with Gasteiger partial charge in [0.1, 0.15) is 5.75 Å². The Labute approximate surface area is 138 Å². The second-order valence-electron chi connectivity index (χ2n) is 5.94. The number of nitrogens with one attached hydrogen (secondary N) is 1. The molecule has 0 bridgehead atoms. The van der Waals surface area contributed by atoms with E-state index in [9.17, 15) is 23.1 Å². The highest BCUT2D eigenvalue weighted by Crippen LogP contribution is 2.20. The molecule has 1 heterocycles. The van der Waals surface area contributed by atoms with Crippen LogP contribution in [-0.4, -0.2) is 48.0 Å². The Hall–Kier alpha value is -1.96. The Bertz CT molecular complexity index is 546. The average molecular weight is 346 g/mol. The highest BCUT2D eigenvalue weighted by molar-refractivity contribution is 5.74. The predicted molar refractivity (Wildman–Crippen MR) is 81.6 cm³/mol. The fourth-order valence-electron chi connectivity index (χ4n) is 2.52.